The first-order chi connectivity index (χ1) is 6.72. The Kier molecular flexibility index (Phi) is 3.92. The summed E-state index contributed by atoms with van der Waals surface area (Å²) in [5, 5.41) is 4.11. The molecule has 2 nitrogen and oxygen atoms in total. The summed E-state index contributed by atoms with van der Waals surface area (Å²) in [7, 11) is 0. The summed E-state index contributed by atoms with van der Waals surface area (Å²) >= 11 is 0. The number of nitrogens with one attached hydrogen (secondary N) is 1. The van der Waals surface area contributed by atoms with E-state index in [1.54, 1.807) is 0 Å². The molecule has 0 saturated carbocycles. The Labute approximate surface area is 85.3 Å². The van der Waals surface area contributed by atoms with Crippen molar-refractivity contribution in [3.63, 3.8) is 0 Å². The highest BCUT2D eigenvalue weighted by molar-refractivity contribution is 5.78. The number of hydrogen-bond acceptors (Lipinski definition) is 2. The first-order valence-electron chi connectivity index (χ1n) is 4.67. The molecule has 0 aliphatic carbocycles. The van der Waals surface area contributed by atoms with E-state index in [9.17, 15) is 0 Å². The molecular weight excluding hydrogens is 172 g/mol. The van der Waals surface area contributed by atoms with E-state index in [1.165, 1.54) is 5.56 Å². The molecule has 0 saturated heterocycles. The molecule has 1 N–H and O–H groups in total. The Bertz CT molecular complexity index is 319. The maximum Gasteiger partial charge on any atom is 0.0580 e. The summed E-state index contributed by atoms with van der Waals surface area (Å²) in [6.45, 7) is 8.41. The molecule has 0 aliphatic rings. The van der Waals surface area contributed by atoms with Crippen molar-refractivity contribution in [2.24, 2.45) is 5.10 Å². The summed E-state index contributed by atoms with van der Waals surface area (Å²) < 4.78 is 0. The maximum atomic E-state index is 4.11. The zero-order valence-corrected chi connectivity index (χ0v) is 8.75. The molecule has 0 atom stereocenters. The van der Waals surface area contributed by atoms with Gasteiger partial charge in [0.1, 0.15) is 0 Å². The highest BCUT2D eigenvalue weighted by Crippen LogP contribution is 2.04. The van der Waals surface area contributed by atoms with Crippen LogP contribution in [0.1, 0.15) is 25.0 Å². The molecule has 14 heavy (non-hydrogen) atoms. The lowest BCUT2D eigenvalue weighted by atomic mass is 10.1. The molecule has 1 rings (SSSR count). The lowest BCUT2D eigenvalue weighted by molar-refractivity contribution is 0.743. The molecule has 0 heterocycles. The van der Waals surface area contributed by atoms with Crippen molar-refractivity contribution in [2.45, 2.75) is 20.4 Å². The van der Waals surface area contributed by atoms with E-state index in [4.69, 9.17) is 0 Å². The van der Waals surface area contributed by atoms with Gasteiger partial charge in [-0.05, 0) is 25.0 Å². The van der Waals surface area contributed by atoms with Crippen molar-refractivity contribution in [1.29, 1.82) is 0 Å². The smallest absolute Gasteiger partial charge is 0.0580 e. The zero-order chi connectivity index (χ0) is 10.4. The third kappa shape index (κ3) is 3.44. The fourth-order valence-corrected chi connectivity index (χ4v) is 1.06. The number of nitrogens with zero attached hydrogens (tertiary/aromatic N) is 1. The van der Waals surface area contributed by atoms with Crippen LogP contribution in [0.3, 0.4) is 0 Å². The van der Waals surface area contributed by atoms with E-state index >= 15 is 0 Å². The third-order valence-corrected chi connectivity index (χ3v) is 1.80. The highest BCUT2D eigenvalue weighted by atomic mass is 15.3. The summed E-state index contributed by atoms with van der Waals surface area (Å²) in [4.78, 5) is 0. The summed E-state index contributed by atoms with van der Waals surface area (Å²) in [6.07, 6.45) is 1.84. The molecule has 0 fully saturated rings. The summed E-state index contributed by atoms with van der Waals surface area (Å²) in [5.74, 6) is 0. The predicted octanol–water partition coefficient (Wildman–Crippen LogP) is 2.82. The van der Waals surface area contributed by atoms with Crippen LogP contribution in [0.5, 0.6) is 0 Å². The van der Waals surface area contributed by atoms with Gasteiger partial charge in [-0.25, -0.2) is 0 Å². The van der Waals surface area contributed by atoms with E-state index in [-0.39, 0.29) is 0 Å². The minimum absolute atomic E-state index is 0.766. The highest BCUT2D eigenvalue weighted by Gasteiger charge is 1.90. The van der Waals surface area contributed by atoms with Crippen LogP contribution >= 0.6 is 0 Å². The minimum Gasteiger partial charge on any atom is -0.306 e. The number of rotatable bonds is 4. The van der Waals surface area contributed by atoms with Gasteiger partial charge in [0.2, 0.25) is 0 Å². The summed E-state index contributed by atoms with van der Waals surface area (Å²) in [6, 6.07) is 8.24. The van der Waals surface area contributed by atoms with Gasteiger partial charge in [0.25, 0.3) is 0 Å². The molecule has 2 heteroatoms. The second-order valence-electron chi connectivity index (χ2n) is 3.34. The Balaban J connectivity index is 2.52. The standard InChI is InChI=1S/C12H16N2/c1-4-11-5-7-12(8-6-11)9-13-14-10(2)3/h4-8,13H,1,9H2,2-3H3. The third-order valence-electron chi connectivity index (χ3n) is 1.80. The Morgan fingerprint density at radius 2 is 2.00 bits per heavy atom. The van der Waals surface area contributed by atoms with Crippen LogP contribution in [0.4, 0.5) is 0 Å². The predicted molar refractivity (Wildman–Crippen MR) is 62.2 cm³/mol. The molecule has 0 aromatic heterocycles. The van der Waals surface area contributed by atoms with Crippen LogP contribution in [0, 0.1) is 0 Å². The van der Waals surface area contributed by atoms with Crippen LogP contribution in [0.25, 0.3) is 6.08 Å². The van der Waals surface area contributed by atoms with Gasteiger partial charge in [0.15, 0.2) is 0 Å². The van der Waals surface area contributed by atoms with Crippen LogP contribution < -0.4 is 5.43 Å². The van der Waals surface area contributed by atoms with Gasteiger partial charge in [-0.3, -0.25) is 0 Å². The van der Waals surface area contributed by atoms with Crippen molar-refractivity contribution in [3.05, 3.63) is 42.0 Å². The Morgan fingerprint density at radius 1 is 1.36 bits per heavy atom. The molecule has 1 aromatic rings. The number of benzene rings is 1. The van der Waals surface area contributed by atoms with Gasteiger partial charge in [0.05, 0.1) is 6.54 Å². The van der Waals surface area contributed by atoms with Gasteiger partial charge >= 0.3 is 0 Å². The van der Waals surface area contributed by atoms with Gasteiger partial charge in [-0.15, -0.1) is 0 Å². The SMILES string of the molecule is C=Cc1ccc(CNN=C(C)C)cc1. The fourth-order valence-electron chi connectivity index (χ4n) is 1.06. The molecule has 1 aromatic carbocycles. The largest absolute Gasteiger partial charge is 0.306 e. The van der Waals surface area contributed by atoms with Gasteiger partial charge in [-0.2, -0.15) is 5.10 Å². The van der Waals surface area contributed by atoms with E-state index in [1.807, 2.05) is 32.1 Å². The lowest BCUT2D eigenvalue weighted by Crippen LogP contribution is -2.06. The molecular formula is C12H16N2. The van der Waals surface area contributed by atoms with Crippen molar-refractivity contribution in [1.82, 2.24) is 5.43 Å². The molecule has 0 spiro atoms. The second kappa shape index (κ2) is 5.22. The normalized spacial score (nSPS) is 9.29. The molecule has 0 unspecified atom stereocenters. The van der Waals surface area contributed by atoms with E-state index in [0.717, 1.165) is 17.8 Å². The van der Waals surface area contributed by atoms with E-state index in [2.05, 4.69) is 29.2 Å². The summed E-state index contributed by atoms with van der Waals surface area (Å²) in [5.41, 5.74) is 6.40. The van der Waals surface area contributed by atoms with Crippen LogP contribution in [0.15, 0.2) is 35.9 Å². The number of hydrogen-bond donors (Lipinski definition) is 1. The minimum atomic E-state index is 0.766. The molecule has 0 amide bonds. The van der Waals surface area contributed by atoms with Crippen molar-refractivity contribution in [3.8, 4) is 0 Å². The molecule has 0 aliphatic heterocycles. The van der Waals surface area contributed by atoms with E-state index in [0.29, 0.717) is 0 Å². The average molecular weight is 188 g/mol. The topological polar surface area (TPSA) is 24.4 Å². The van der Waals surface area contributed by atoms with Gasteiger partial charge in [0, 0.05) is 5.71 Å². The lowest BCUT2D eigenvalue weighted by Gasteiger charge is -2.01. The second-order valence-corrected chi connectivity index (χ2v) is 3.34. The first-order valence-corrected chi connectivity index (χ1v) is 4.67. The average Bonchev–Trinajstić information content (AvgIpc) is 2.18. The van der Waals surface area contributed by atoms with E-state index < -0.39 is 0 Å². The Hall–Kier alpha value is -1.57. The van der Waals surface area contributed by atoms with Crippen molar-refractivity contribution in [2.75, 3.05) is 0 Å². The maximum absolute atomic E-state index is 4.11. The first kappa shape index (κ1) is 10.5. The zero-order valence-electron chi connectivity index (χ0n) is 8.75. The Morgan fingerprint density at radius 3 is 2.50 bits per heavy atom. The quantitative estimate of drug-likeness (QED) is 0.570. The van der Waals surface area contributed by atoms with Crippen molar-refractivity contribution >= 4 is 11.8 Å². The fraction of sp³-hybridized carbons (Fsp3) is 0.250. The molecule has 0 bridgehead atoms. The van der Waals surface area contributed by atoms with Gasteiger partial charge in [-0.1, -0.05) is 36.9 Å². The molecule has 74 valence electrons. The molecule has 0 radical (unpaired) electrons. The van der Waals surface area contributed by atoms with Crippen LogP contribution in [0.2, 0.25) is 0 Å². The van der Waals surface area contributed by atoms with Crippen LogP contribution in [-0.2, 0) is 6.54 Å². The monoisotopic (exact) mass is 188 g/mol. The van der Waals surface area contributed by atoms with Crippen molar-refractivity contribution < 1.29 is 0 Å². The van der Waals surface area contributed by atoms with Crippen LogP contribution in [-0.4, -0.2) is 5.71 Å². The number of hydrazone groups is 1. The van der Waals surface area contributed by atoms with Gasteiger partial charge < -0.3 is 5.43 Å².